The lowest BCUT2D eigenvalue weighted by Gasteiger charge is -2.10. The van der Waals surface area contributed by atoms with Crippen LogP contribution in [-0.2, 0) is 11.0 Å². The van der Waals surface area contributed by atoms with Gasteiger partial charge in [0.2, 0.25) is 5.82 Å². The van der Waals surface area contributed by atoms with Gasteiger partial charge in [0.15, 0.2) is 0 Å². The van der Waals surface area contributed by atoms with Crippen LogP contribution in [0.1, 0.15) is 16.2 Å². The predicted molar refractivity (Wildman–Crippen MR) is 76.7 cm³/mol. The van der Waals surface area contributed by atoms with E-state index < -0.39 is 41.6 Å². The maximum absolute atomic E-state index is 14.2. The minimum absolute atomic E-state index is 0.100. The number of hydrogen-bond donors (Lipinski definition) is 2. The van der Waals surface area contributed by atoms with Crippen molar-refractivity contribution in [3.63, 3.8) is 0 Å². The molecule has 138 valence electrons. The molecule has 0 aliphatic carbocycles. The van der Waals surface area contributed by atoms with Crippen molar-refractivity contribution in [1.82, 2.24) is 25.9 Å². The Morgan fingerprint density at radius 3 is 2.69 bits per heavy atom. The second kappa shape index (κ2) is 6.37. The molecule has 0 spiro atoms. The number of aromatic nitrogens is 2. The molecule has 1 aromatic carbocycles. The predicted octanol–water partition coefficient (Wildman–Crippen LogP) is 0.969. The Hall–Kier alpha value is -3.02. The van der Waals surface area contributed by atoms with Gasteiger partial charge in [-0.05, 0) is 12.1 Å². The smallest absolute Gasteiger partial charge is 0.339 e. The van der Waals surface area contributed by atoms with Gasteiger partial charge < -0.3 is 9.84 Å². The number of halogens is 4. The van der Waals surface area contributed by atoms with Crippen molar-refractivity contribution in [3.05, 3.63) is 35.5 Å². The lowest BCUT2D eigenvalue weighted by molar-refractivity contribution is -0.159. The van der Waals surface area contributed by atoms with E-state index in [2.05, 4.69) is 25.4 Å². The van der Waals surface area contributed by atoms with Gasteiger partial charge in [0.25, 0.3) is 11.8 Å². The first-order valence-electron chi connectivity index (χ1n) is 7.18. The Morgan fingerprint density at radius 1 is 1.42 bits per heavy atom. The molecule has 1 aliphatic heterocycles. The third-order valence-electron chi connectivity index (χ3n) is 3.52. The van der Waals surface area contributed by atoms with Crippen molar-refractivity contribution in [2.45, 2.75) is 12.2 Å². The first kappa shape index (κ1) is 17.8. The highest BCUT2D eigenvalue weighted by molar-refractivity contribution is 5.98. The second-order valence-electron chi connectivity index (χ2n) is 5.50. The molecule has 26 heavy (non-hydrogen) atoms. The Bertz CT molecular complexity index is 867. The summed E-state index contributed by atoms with van der Waals surface area (Å²) in [6.07, 6.45) is -4.82. The van der Waals surface area contributed by atoms with E-state index in [1.54, 1.807) is 7.05 Å². The largest absolute Gasteiger partial charge is 0.471 e. The zero-order valence-electron chi connectivity index (χ0n) is 13.1. The minimum atomic E-state index is -4.82. The topological polar surface area (TPSA) is 100 Å². The molecule has 1 atom stereocenters. The van der Waals surface area contributed by atoms with E-state index >= 15 is 0 Å². The Labute approximate surface area is 143 Å². The van der Waals surface area contributed by atoms with Crippen LogP contribution >= 0.6 is 0 Å². The van der Waals surface area contributed by atoms with Crippen LogP contribution in [0.25, 0.3) is 11.4 Å². The molecule has 1 aromatic heterocycles. The Kier molecular flexibility index (Phi) is 4.36. The maximum Gasteiger partial charge on any atom is 0.471 e. The van der Waals surface area contributed by atoms with Gasteiger partial charge in [-0.25, -0.2) is 9.40 Å². The number of benzene rings is 1. The van der Waals surface area contributed by atoms with Gasteiger partial charge in [0, 0.05) is 19.2 Å². The number of carbonyl (C=O) groups is 2. The van der Waals surface area contributed by atoms with Crippen LogP contribution in [0.2, 0.25) is 0 Å². The van der Waals surface area contributed by atoms with Crippen molar-refractivity contribution in [2.24, 2.45) is 0 Å². The van der Waals surface area contributed by atoms with E-state index in [4.69, 9.17) is 0 Å². The number of hydrogen-bond acceptors (Lipinski definition) is 6. The Balaban J connectivity index is 1.78. The van der Waals surface area contributed by atoms with Gasteiger partial charge in [-0.15, -0.1) is 0 Å². The molecule has 1 saturated heterocycles. The number of hydrazine groups is 1. The molecule has 12 heteroatoms. The zero-order chi connectivity index (χ0) is 19.1. The first-order chi connectivity index (χ1) is 12.1. The Morgan fingerprint density at radius 2 is 2.15 bits per heavy atom. The van der Waals surface area contributed by atoms with E-state index in [-0.39, 0.29) is 17.7 Å². The van der Waals surface area contributed by atoms with E-state index in [1.165, 1.54) is 11.1 Å². The second-order valence-corrected chi connectivity index (χ2v) is 5.50. The molecular weight excluding hydrogens is 362 g/mol. The highest BCUT2D eigenvalue weighted by atomic mass is 19.4. The normalized spacial score (nSPS) is 18.0. The summed E-state index contributed by atoms with van der Waals surface area (Å²) >= 11 is 0. The molecule has 2 heterocycles. The summed E-state index contributed by atoms with van der Waals surface area (Å²) in [4.78, 5) is 26.8. The summed E-state index contributed by atoms with van der Waals surface area (Å²) in [5.41, 5.74) is 1.97. The average Bonchev–Trinajstić information content (AvgIpc) is 3.14. The molecule has 2 amide bonds. The van der Waals surface area contributed by atoms with Gasteiger partial charge in [0.05, 0.1) is 5.56 Å². The third-order valence-corrected chi connectivity index (χ3v) is 3.52. The number of alkyl halides is 3. The van der Waals surface area contributed by atoms with Crippen molar-refractivity contribution in [3.8, 4) is 11.4 Å². The average molecular weight is 373 g/mol. The molecule has 0 bridgehead atoms. The molecule has 1 unspecified atom stereocenters. The summed E-state index contributed by atoms with van der Waals surface area (Å²) in [7, 11) is 1.60. The van der Waals surface area contributed by atoms with Gasteiger partial charge in [0.1, 0.15) is 11.9 Å². The molecular formula is C14H11F4N5O3. The van der Waals surface area contributed by atoms with Gasteiger partial charge in [-0.2, -0.15) is 18.2 Å². The van der Waals surface area contributed by atoms with Crippen LogP contribution in [0.5, 0.6) is 0 Å². The molecule has 2 N–H and O–H groups in total. The van der Waals surface area contributed by atoms with Crippen molar-refractivity contribution in [2.75, 3.05) is 13.6 Å². The van der Waals surface area contributed by atoms with Crippen LogP contribution in [0, 0.1) is 5.82 Å². The van der Waals surface area contributed by atoms with Gasteiger partial charge in [-0.1, -0.05) is 11.2 Å². The summed E-state index contributed by atoms with van der Waals surface area (Å²) in [6.45, 7) is 0.202. The number of amides is 2. The fourth-order valence-corrected chi connectivity index (χ4v) is 2.31. The standard InChI is InChI=1S/C14H11F4N5O3/c1-23-5-9(12(25)21-23)19-11(24)7-3-2-6(4-8(7)15)10-20-13(26-22-10)14(16,17)18/h2-4,9H,5H2,1H3,(H,19,24)(H,21,25). The molecule has 8 nitrogen and oxygen atoms in total. The zero-order valence-corrected chi connectivity index (χ0v) is 13.1. The molecule has 2 aromatic rings. The molecule has 1 aliphatic rings. The number of nitrogens with one attached hydrogen (secondary N) is 2. The van der Waals surface area contributed by atoms with Crippen LogP contribution < -0.4 is 10.7 Å². The molecule has 0 radical (unpaired) electrons. The van der Waals surface area contributed by atoms with E-state index in [0.717, 1.165) is 12.1 Å². The van der Waals surface area contributed by atoms with Crippen LogP contribution in [-0.4, -0.2) is 46.6 Å². The lowest BCUT2D eigenvalue weighted by Crippen LogP contribution is -2.41. The molecule has 3 rings (SSSR count). The molecule has 1 fully saturated rings. The maximum atomic E-state index is 14.2. The van der Waals surface area contributed by atoms with E-state index in [1.807, 2.05) is 0 Å². The number of carbonyl (C=O) groups excluding carboxylic acids is 2. The van der Waals surface area contributed by atoms with Crippen molar-refractivity contribution >= 4 is 11.8 Å². The number of nitrogens with zero attached hydrogens (tertiary/aromatic N) is 3. The van der Waals surface area contributed by atoms with Crippen LogP contribution in [0.3, 0.4) is 0 Å². The van der Waals surface area contributed by atoms with Crippen molar-refractivity contribution < 1.29 is 31.7 Å². The summed E-state index contributed by atoms with van der Waals surface area (Å²) < 4.78 is 55.6. The lowest BCUT2D eigenvalue weighted by atomic mass is 10.1. The first-order valence-corrected chi connectivity index (χ1v) is 7.18. The van der Waals surface area contributed by atoms with Crippen LogP contribution in [0.4, 0.5) is 17.6 Å². The summed E-state index contributed by atoms with van der Waals surface area (Å²) in [6, 6.07) is 2.18. The van der Waals surface area contributed by atoms with Gasteiger partial charge in [-0.3, -0.25) is 15.0 Å². The number of likely N-dealkylation sites (N-methyl/N-ethyl adjacent to an activating group) is 1. The summed E-state index contributed by atoms with van der Waals surface area (Å²) in [5, 5.41) is 6.97. The van der Waals surface area contributed by atoms with Crippen molar-refractivity contribution in [1.29, 1.82) is 0 Å². The highest BCUT2D eigenvalue weighted by Crippen LogP contribution is 2.29. The third kappa shape index (κ3) is 3.49. The monoisotopic (exact) mass is 373 g/mol. The quantitative estimate of drug-likeness (QED) is 0.778. The minimum Gasteiger partial charge on any atom is -0.339 e. The van der Waals surface area contributed by atoms with Gasteiger partial charge >= 0.3 is 12.1 Å². The molecule has 0 saturated carbocycles. The highest BCUT2D eigenvalue weighted by Gasteiger charge is 2.38. The fraction of sp³-hybridized carbons (Fsp3) is 0.286. The number of rotatable bonds is 3. The SMILES string of the molecule is CN1CC(NC(=O)c2ccc(-c3noc(C(F)(F)F)n3)cc2F)C(=O)N1. The summed E-state index contributed by atoms with van der Waals surface area (Å²) in [5.74, 6) is -4.32. The fourth-order valence-electron chi connectivity index (χ4n) is 2.31. The van der Waals surface area contributed by atoms with E-state index in [0.29, 0.717) is 0 Å². The van der Waals surface area contributed by atoms with Crippen LogP contribution in [0.15, 0.2) is 22.7 Å². The van der Waals surface area contributed by atoms with E-state index in [9.17, 15) is 27.2 Å².